The predicted molar refractivity (Wildman–Crippen MR) is 111 cm³/mol. The molecule has 3 rings (SSSR count). The first kappa shape index (κ1) is 19.3. The highest BCUT2D eigenvalue weighted by atomic mass is 16.5. The fourth-order valence-corrected chi connectivity index (χ4v) is 2.84. The van der Waals surface area contributed by atoms with E-state index in [-0.39, 0.29) is 0 Å². The smallest absolute Gasteiger partial charge is 0.195 e. The summed E-state index contributed by atoms with van der Waals surface area (Å²) in [5, 5.41) is 6.60. The lowest BCUT2D eigenvalue weighted by Gasteiger charge is -2.14. The third-order valence-corrected chi connectivity index (χ3v) is 4.25. The molecule has 0 spiro atoms. The molecular formula is C21H25N5O2. The Morgan fingerprint density at radius 3 is 2.61 bits per heavy atom. The second kappa shape index (κ2) is 9.45. The van der Waals surface area contributed by atoms with Gasteiger partial charge in [0, 0.05) is 44.3 Å². The lowest BCUT2D eigenvalue weighted by atomic mass is 10.1. The van der Waals surface area contributed by atoms with Gasteiger partial charge in [-0.1, -0.05) is 24.3 Å². The lowest BCUT2D eigenvalue weighted by molar-refractivity contribution is 0.355. The molecule has 0 amide bonds. The van der Waals surface area contributed by atoms with Gasteiger partial charge in [0.2, 0.25) is 0 Å². The normalized spacial score (nSPS) is 11.2. The summed E-state index contributed by atoms with van der Waals surface area (Å²) >= 11 is 0. The van der Waals surface area contributed by atoms with Crippen molar-refractivity contribution in [3.05, 3.63) is 72.3 Å². The van der Waals surface area contributed by atoms with Crippen molar-refractivity contribution in [1.29, 1.82) is 0 Å². The van der Waals surface area contributed by atoms with Crippen molar-refractivity contribution in [2.75, 3.05) is 26.6 Å². The lowest BCUT2D eigenvalue weighted by Crippen LogP contribution is -2.30. The van der Waals surface area contributed by atoms with E-state index in [9.17, 15) is 0 Å². The number of hydrogen-bond donors (Lipinski definition) is 2. The van der Waals surface area contributed by atoms with Crippen LogP contribution < -0.4 is 20.1 Å². The molecule has 7 nitrogen and oxygen atoms in total. The summed E-state index contributed by atoms with van der Waals surface area (Å²) in [5.74, 6) is 2.02. The molecule has 0 aliphatic rings. The maximum Gasteiger partial charge on any atom is 0.195 e. The Kier molecular flexibility index (Phi) is 6.51. The van der Waals surface area contributed by atoms with E-state index in [4.69, 9.17) is 9.47 Å². The second-order valence-electron chi connectivity index (χ2n) is 6.18. The van der Waals surface area contributed by atoms with Gasteiger partial charge in [-0.2, -0.15) is 0 Å². The number of aliphatic imine (C=N–C) groups is 1. The maximum atomic E-state index is 5.35. The van der Waals surface area contributed by atoms with E-state index in [0.29, 0.717) is 24.0 Å². The van der Waals surface area contributed by atoms with Gasteiger partial charge in [-0.3, -0.25) is 4.99 Å². The third kappa shape index (κ3) is 5.03. The van der Waals surface area contributed by atoms with Gasteiger partial charge in [-0.05, 0) is 23.3 Å². The highest BCUT2D eigenvalue weighted by molar-refractivity contribution is 5.93. The molecule has 3 aromatic rings. The van der Waals surface area contributed by atoms with E-state index < -0.39 is 0 Å². The molecule has 0 aliphatic heterocycles. The molecule has 28 heavy (non-hydrogen) atoms. The minimum Gasteiger partial charge on any atom is -0.493 e. The molecule has 0 saturated heterocycles. The van der Waals surface area contributed by atoms with Crippen LogP contribution in [0.2, 0.25) is 0 Å². The average molecular weight is 379 g/mol. The van der Waals surface area contributed by atoms with Gasteiger partial charge in [0.1, 0.15) is 0 Å². The van der Waals surface area contributed by atoms with Crippen LogP contribution in [-0.4, -0.2) is 36.8 Å². The molecule has 0 unspecified atom stereocenters. The Bertz CT molecular complexity index is 922. The Morgan fingerprint density at radius 2 is 1.89 bits per heavy atom. The van der Waals surface area contributed by atoms with Crippen LogP contribution in [0, 0.1) is 0 Å². The molecule has 2 N–H and O–H groups in total. The number of rotatable bonds is 7. The van der Waals surface area contributed by atoms with Crippen molar-refractivity contribution < 1.29 is 9.47 Å². The van der Waals surface area contributed by atoms with Crippen molar-refractivity contribution in [2.45, 2.75) is 13.1 Å². The Labute approximate surface area is 165 Å². The number of benzene rings is 2. The molecule has 0 saturated carbocycles. The van der Waals surface area contributed by atoms with Gasteiger partial charge in [0.05, 0.1) is 20.5 Å². The summed E-state index contributed by atoms with van der Waals surface area (Å²) in [6, 6.07) is 14.1. The van der Waals surface area contributed by atoms with E-state index in [1.54, 1.807) is 27.5 Å². The van der Waals surface area contributed by atoms with Crippen LogP contribution in [0.4, 0.5) is 5.69 Å². The highest BCUT2D eigenvalue weighted by Crippen LogP contribution is 2.29. The zero-order valence-electron chi connectivity index (χ0n) is 16.3. The van der Waals surface area contributed by atoms with Gasteiger partial charge >= 0.3 is 0 Å². The first-order valence-corrected chi connectivity index (χ1v) is 8.95. The molecule has 0 aliphatic carbocycles. The molecule has 1 aromatic heterocycles. The van der Waals surface area contributed by atoms with Crippen LogP contribution in [0.1, 0.15) is 11.1 Å². The molecule has 1 heterocycles. The predicted octanol–water partition coefficient (Wildman–Crippen LogP) is 3.14. The summed E-state index contributed by atoms with van der Waals surface area (Å²) in [4.78, 5) is 8.37. The number of hydrogen-bond acceptors (Lipinski definition) is 4. The van der Waals surface area contributed by atoms with Crippen LogP contribution in [-0.2, 0) is 13.1 Å². The van der Waals surface area contributed by atoms with Gasteiger partial charge in [0.25, 0.3) is 0 Å². The van der Waals surface area contributed by atoms with Gasteiger partial charge in [-0.25, -0.2) is 4.98 Å². The van der Waals surface area contributed by atoms with Gasteiger partial charge in [0.15, 0.2) is 17.5 Å². The van der Waals surface area contributed by atoms with Crippen LogP contribution in [0.25, 0.3) is 0 Å². The number of guanidine groups is 1. The minimum absolute atomic E-state index is 0.657. The van der Waals surface area contributed by atoms with E-state index in [1.807, 2.05) is 35.3 Å². The zero-order chi connectivity index (χ0) is 19.8. The summed E-state index contributed by atoms with van der Waals surface area (Å²) in [7, 11) is 4.98. The Balaban J connectivity index is 1.61. The Morgan fingerprint density at radius 1 is 1.07 bits per heavy atom. The summed E-state index contributed by atoms with van der Waals surface area (Å²) in [5.41, 5.74) is 3.26. The van der Waals surface area contributed by atoms with E-state index in [2.05, 4.69) is 44.9 Å². The zero-order valence-corrected chi connectivity index (χ0v) is 16.3. The number of nitrogens with zero attached hydrogens (tertiary/aromatic N) is 3. The topological polar surface area (TPSA) is 72.7 Å². The van der Waals surface area contributed by atoms with Gasteiger partial charge < -0.3 is 24.7 Å². The summed E-state index contributed by atoms with van der Waals surface area (Å²) in [6.07, 6.45) is 5.56. The molecule has 2 aromatic carbocycles. The minimum atomic E-state index is 0.657. The number of anilines is 1. The number of methoxy groups -OCH3 is 2. The van der Waals surface area contributed by atoms with Crippen molar-refractivity contribution >= 4 is 11.6 Å². The third-order valence-electron chi connectivity index (χ3n) is 4.25. The first-order valence-electron chi connectivity index (χ1n) is 8.95. The van der Waals surface area contributed by atoms with Crippen molar-refractivity contribution in [1.82, 2.24) is 14.9 Å². The van der Waals surface area contributed by atoms with Gasteiger partial charge in [-0.15, -0.1) is 0 Å². The van der Waals surface area contributed by atoms with Crippen molar-refractivity contribution in [3.63, 3.8) is 0 Å². The fraction of sp³-hybridized carbons (Fsp3) is 0.238. The molecule has 7 heteroatoms. The number of aromatic nitrogens is 2. The van der Waals surface area contributed by atoms with E-state index in [0.717, 1.165) is 12.2 Å². The summed E-state index contributed by atoms with van der Waals surface area (Å²) in [6.45, 7) is 1.46. The first-order chi connectivity index (χ1) is 13.7. The van der Waals surface area contributed by atoms with E-state index in [1.165, 1.54) is 11.1 Å². The fourth-order valence-electron chi connectivity index (χ4n) is 2.84. The average Bonchev–Trinajstić information content (AvgIpc) is 3.24. The summed E-state index contributed by atoms with van der Waals surface area (Å²) < 4.78 is 12.7. The maximum absolute atomic E-state index is 5.35. The molecule has 0 atom stereocenters. The van der Waals surface area contributed by atoms with Crippen LogP contribution >= 0.6 is 0 Å². The highest BCUT2D eigenvalue weighted by Gasteiger charge is 2.06. The van der Waals surface area contributed by atoms with Crippen LogP contribution in [0.15, 0.2) is 66.2 Å². The number of imidazole rings is 1. The van der Waals surface area contributed by atoms with Crippen molar-refractivity contribution in [3.8, 4) is 11.5 Å². The molecule has 146 valence electrons. The standard InChI is InChI=1S/C21H25N5O2/c1-22-21(25-18-7-8-19(27-2)20(12-18)28-3)24-13-16-5-4-6-17(11-16)14-26-10-9-23-15-26/h4-12,15H,13-14H2,1-3H3,(H2,22,24,25). The second-order valence-corrected chi connectivity index (χ2v) is 6.18. The molecule has 0 fully saturated rings. The van der Waals surface area contributed by atoms with Crippen LogP contribution in [0.5, 0.6) is 11.5 Å². The monoisotopic (exact) mass is 379 g/mol. The van der Waals surface area contributed by atoms with Crippen molar-refractivity contribution in [2.24, 2.45) is 4.99 Å². The molecule has 0 bridgehead atoms. The van der Waals surface area contributed by atoms with Crippen LogP contribution in [0.3, 0.4) is 0 Å². The number of nitrogens with one attached hydrogen (secondary N) is 2. The molecular weight excluding hydrogens is 354 g/mol. The SMILES string of the molecule is CN=C(NCc1cccc(Cn2ccnc2)c1)Nc1ccc(OC)c(OC)c1. The number of ether oxygens (including phenoxy) is 2. The largest absolute Gasteiger partial charge is 0.493 e. The quantitative estimate of drug-likeness (QED) is 0.487. The Hall–Kier alpha value is -3.48. The molecule has 0 radical (unpaired) electrons. The van der Waals surface area contributed by atoms with E-state index >= 15 is 0 Å².